The van der Waals surface area contributed by atoms with E-state index < -0.39 is 24.1 Å². The van der Waals surface area contributed by atoms with Crippen molar-refractivity contribution in [1.82, 2.24) is 0 Å². The molecule has 0 amide bonds. The first kappa shape index (κ1) is 23.1. The molecule has 0 aromatic carbocycles. The summed E-state index contributed by atoms with van der Waals surface area (Å²) in [7, 11) is 0. The summed E-state index contributed by atoms with van der Waals surface area (Å²) in [5.41, 5.74) is 0. The van der Waals surface area contributed by atoms with Gasteiger partial charge in [0.15, 0.2) is 0 Å². The molecule has 19 heavy (non-hydrogen) atoms. The molecule has 110 valence electrons. The van der Waals surface area contributed by atoms with Crippen molar-refractivity contribution in [2.75, 3.05) is 0 Å². The molecule has 6 N–H and O–H groups in total. The van der Waals surface area contributed by atoms with Crippen molar-refractivity contribution in [1.29, 1.82) is 0 Å². The predicted octanol–water partition coefficient (Wildman–Crippen LogP) is -1.35. The number of hydrogen-bond acceptors (Lipinski definition) is 8. The van der Waals surface area contributed by atoms with E-state index in [9.17, 15) is 9.59 Å². The van der Waals surface area contributed by atoms with Crippen LogP contribution in [-0.4, -0.2) is 54.8 Å². The van der Waals surface area contributed by atoms with Gasteiger partial charge in [0.05, 0.1) is 11.5 Å². The summed E-state index contributed by atoms with van der Waals surface area (Å²) in [5, 5.41) is 49.3. The van der Waals surface area contributed by atoms with Gasteiger partial charge in [0, 0.05) is 33.2 Å². The quantitative estimate of drug-likeness (QED) is 0.156. The Kier molecular flexibility index (Phi) is 14.6. The zero-order chi connectivity index (χ0) is 14.9. The Hall–Kier alpha value is -1.05. The van der Waals surface area contributed by atoms with Crippen molar-refractivity contribution >= 4 is 11.6 Å². The Morgan fingerprint density at radius 2 is 1.00 bits per heavy atom. The molecule has 0 unspecified atom stereocenters. The number of aliphatic hydroxyl groups is 6. The second kappa shape index (κ2) is 12.0. The summed E-state index contributed by atoms with van der Waals surface area (Å²) in [6.45, 7) is 2.53. The van der Waals surface area contributed by atoms with Gasteiger partial charge in [0.25, 0.3) is 0 Å². The van der Waals surface area contributed by atoms with Crippen LogP contribution in [0, 0.1) is 0 Å². The van der Waals surface area contributed by atoms with Gasteiger partial charge in [-0.25, -0.2) is 0 Å². The molecule has 0 aliphatic heterocycles. The SMILES string of the molecule is C/C(O)=C/C(=O)C(O)O.C/C(O)=C/C(=O)C(O)O.[Mo]. The van der Waals surface area contributed by atoms with Crippen molar-refractivity contribution in [3.8, 4) is 0 Å². The molecule has 0 atom stereocenters. The molecule has 0 aliphatic carbocycles. The van der Waals surface area contributed by atoms with E-state index >= 15 is 0 Å². The minimum absolute atomic E-state index is 0. The molecule has 0 heterocycles. The second-order valence-corrected chi connectivity index (χ2v) is 3.12. The van der Waals surface area contributed by atoms with Crippen molar-refractivity contribution < 1.29 is 61.3 Å². The zero-order valence-corrected chi connectivity index (χ0v) is 12.2. The molecule has 0 saturated carbocycles. The minimum Gasteiger partial charge on any atom is -0.512 e. The maximum atomic E-state index is 10.2. The Balaban J connectivity index is -0.000000256. The zero-order valence-electron chi connectivity index (χ0n) is 10.2. The van der Waals surface area contributed by atoms with Crippen molar-refractivity contribution in [2.24, 2.45) is 0 Å². The molecule has 8 nitrogen and oxygen atoms in total. The largest absolute Gasteiger partial charge is 0.512 e. The molecule has 0 fully saturated rings. The number of aliphatic hydroxyl groups excluding tert-OH is 4. The topological polar surface area (TPSA) is 156 Å². The van der Waals surface area contributed by atoms with Crippen molar-refractivity contribution in [3.05, 3.63) is 23.7 Å². The fourth-order valence-corrected chi connectivity index (χ4v) is 0.561. The summed E-state index contributed by atoms with van der Waals surface area (Å²) in [4.78, 5) is 20.4. The third kappa shape index (κ3) is 16.9. The minimum atomic E-state index is -2.02. The van der Waals surface area contributed by atoms with Gasteiger partial charge >= 0.3 is 0 Å². The van der Waals surface area contributed by atoms with E-state index in [-0.39, 0.29) is 32.6 Å². The van der Waals surface area contributed by atoms with Gasteiger partial charge < -0.3 is 30.6 Å². The van der Waals surface area contributed by atoms with Crippen LogP contribution in [-0.2, 0) is 30.7 Å². The number of hydrogen-bond donors (Lipinski definition) is 6. The first-order chi connectivity index (χ1) is 8.07. The van der Waals surface area contributed by atoms with Crippen LogP contribution in [0.4, 0.5) is 0 Å². The van der Waals surface area contributed by atoms with Gasteiger partial charge in [-0.1, -0.05) is 0 Å². The fraction of sp³-hybridized carbons (Fsp3) is 0.400. The molecule has 0 aliphatic rings. The number of allylic oxidation sites excluding steroid dienone is 2. The van der Waals surface area contributed by atoms with E-state index in [0.717, 1.165) is 12.2 Å². The Labute approximate surface area is 123 Å². The second-order valence-electron chi connectivity index (χ2n) is 3.12. The molecule has 0 radical (unpaired) electrons. The first-order valence-corrected chi connectivity index (χ1v) is 4.62. The summed E-state index contributed by atoms with van der Waals surface area (Å²) in [6, 6.07) is 0. The average molecular weight is 360 g/mol. The third-order valence-electron chi connectivity index (χ3n) is 1.21. The maximum Gasteiger partial charge on any atom is 0.217 e. The van der Waals surface area contributed by atoms with E-state index in [1.165, 1.54) is 13.8 Å². The molecule has 0 bridgehead atoms. The number of carbonyl (C=O) groups is 2. The van der Waals surface area contributed by atoms with Gasteiger partial charge in [-0.2, -0.15) is 0 Å². The molecule has 9 heteroatoms. The normalized spacial score (nSPS) is 11.6. The third-order valence-corrected chi connectivity index (χ3v) is 1.21. The van der Waals surface area contributed by atoms with Crippen LogP contribution in [0.5, 0.6) is 0 Å². The first-order valence-electron chi connectivity index (χ1n) is 4.62. The van der Waals surface area contributed by atoms with Gasteiger partial charge in [0.2, 0.25) is 24.1 Å². The van der Waals surface area contributed by atoms with E-state index in [1.807, 2.05) is 0 Å². The summed E-state index contributed by atoms with van der Waals surface area (Å²) >= 11 is 0. The van der Waals surface area contributed by atoms with Crippen LogP contribution in [0.25, 0.3) is 0 Å². The smallest absolute Gasteiger partial charge is 0.217 e. The summed E-state index contributed by atoms with van der Waals surface area (Å²) in [6.07, 6.45) is -2.56. The molecule has 0 aromatic rings. The van der Waals surface area contributed by atoms with Crippen LogP contribution < -0.4 is 0 Å². The molecule has 0 spiro atoms. The molecule has 0 saturated heterocycles. The average Bonchev–Trinajstić information content (AvgIpc) is 2.16. The molecule has 0 aromatic heterocycles. The van der Waals surface area contributed by atoms with E-state index in [0.29, 0.717) is 0 Å². The standard InChI is InChI=1S/2C5H8O4.Mo/c2*1-3(6)2-4(7)5(8)9;/h2*2,5-6,8-9H,1H3;/b2*3-2-;. The summed E-state index contributed by atoms with van der Waals surface area (Å²) in [5.74, 6) is -2.33. The van der Waals surface area contributed by atoms with Gasteiger partial charge in [-0.05, 0) is 13.8 Å². The number of carbonyl (C=O) groups excluding carboxylic acids is 2. The van der Waals surface area contributed by atoms with E-state index in [2.05, 4.69) is 0 Å². The predicted molar refractivity (Wildman–Crippen MR) is 59.2 cm³/mol. The van der Waals surface area contributed by atoms with Gasteiger partial charge in [-0.3, -0.25) is 9.59 Å². The Morgan fingerprint density at radius 3 is 1.05 bits per heavy atom. The Bertz CT molecular complexity index is 303. The van der Waals surface area contributed by atoms with Crippen LogP contribution in [0.1, 0.15) is 13.8 Å². The van der Waals surface area contributed by atoms with E-state index in [1.54, 1.807) is 0 Å². The van der Waals surface area contributed by atoms with Crippen LogP contribution >= 0.6 is 0 Å². The molecular formula is C10H16MoO8. The fourth-order valence-electron chi connectivity index (χ4n) is 0.561. The van der Waals surface area contributed by atoms with E-state index in [4.69, 9.17) is 30.6 Å². The maximum absolute atomic E-state index is 10.2. The van der Waals surface area contributed by atoms with Crippen molar-refractivity contribution in [3.63, 3.8) is 0 Å². The van der Waals surface area contributed by atoms with Crippen LogP contribution in [0.3, 0.4) is 0 Å². The van der Waals surface area contributed by atoms with Gasteiger partial charge in [-0.15, -0.1) is 0 Å². The molecule has 0 rings (SSSR count). The van der Waals surface area contributed by atoms with Gasteiger partial charge in [0.1, 0.15) is 0 Å². The van der Waals surface area contributed by atoms with Crippen LogP contribution in [0.2, 0.25) is 0 Å². The number of rotatable bonds is 4. The Morgan fingerprint density at radius 1 is 0.789 bits per heavy atom. The van der Waals surface area contributed by atoms with Crippen molar-refractivity contribution in [2.45, 2.75) is 26.4 Å². The molecular weight excluding hydrogens is 344 g/mol. The van der Waals surface area contributed by atoms with Crippen LogP contribution in [0.15, 0.2) is 23.7 Å². The monoisotopic (exact) mass is 362 g/mol. The summed E-state index contributed by atoms with van der Waals surface area (Å²) < 4.78 is 0. The number of ketones is 2.